The fourth-order valence-corrected chi connectivity index (χ4v) is 3.42. The van der Waals surface area contributed by atoms with Crippen molar-refractivity contribution in [2.45, 2.75) is 26.1 Å². The van der Waals surface area contributed by atoms with Gasteiger partial charge in [0.25, 0.3) is 5.91 Å². The second kappa shape index (κ2) is 10.2. The first-order valence-corrected chi connectivity index (χ1v) is 9.70. The van der Waals surface area contributed by atoms with E-state index in [0.717, 1.165) is 35.5 Å². The Morgan fingerprint density at radius 3 is 2.70 bits per heavy atom. The molecular formula is C22H24ClFN4O2. The molecule has 1 aliphatic heterocycles. The maximum atomic E-state index is 13.0. The highest BCUT2D eigenvalue weighted by atomic mass is 35.5. The zero-order chi connectivity index (χ0) is 20.1. The summed E-state index contributed by atoms with van der Waals surface area (Å²) in [6.45, 7) is 2.85. The van der Waals surface area contributed by atoms with Crippen LogP contribution in [0.5, 0.6) is 5.75 Å². The smallest absolute Gasteiger partial charge is 0.272 e. The number of rotatable bonds is 7. The van der Waals surface area contributed by atoms with Crippen LogP contribution in [0.4, 0.5) is 4.39 Å². The number of amides is 1. The predicted octanol–water partition coefficient (Wildman–Crippen LogP) is 3.10. The summed E-state index contributed by atoms with van der Waals surface area (Å²) in [6.07, 6.45) is 0.818. The molecule has 30 heavy (non-hydrogen) atoms. The van der Waals surface area contributed by atoms with E-state index in [-0.39, 0.29) is 24.1 Å². The number of carbonyl (C=O) groups is 1. The van der Waals surface area contributed by atoms with Crippen molar-refractivity contribution in [3.05, 3.63) is 82.9 Å². The molecule has 0 aliphatic carbocycles. The molecule has 0 saturated heterocycles. The average molecular weight is 431 g/mol. The van der Waals surface area contributed by atoms with Gasteiger partial charge in [-0.05, 0) is 29.8 Å². The Morgan fingerprint density at radius 2 is 1.93 bits per heavy atom. The molecule has 0 saturated carbocycles. The molecule has 4 rings (SSSR count). The highest BCUT2D eigenvalue weighted by Gasteiger charge is 2.24. The Bertz CT molecular complexity index is 977. The van der Waals surface area contributed by atoms with Gasteiger partial charge in [0, 0.05) is 37.3 Å². The standard InChI is InChI=1S/C22H23FN4O2.ClH/c23-17-8-6-16(7-9-17)14-25-22(28)21-19-15-24-11-10-20(19)27(26-21)12-13-29-18-4-2-1-3-5-18;/h1-9,24H,10-15H2,(H,25,28);1H. The van der Waals surface area contributed by atoms with Gasteiger partial charge in [-0.3, -0.25) is 9.48 Å². The van der Waals surface area contributed by atoms with Crippen LogP contribution in [0.2, 0.25) is 0 Å². The quantitative estimate of drug-likeness (QED) is 0.604. The Morgan fingerprint density at radius 1 is 1.17 bits per heavy atom. The summed E-state index contributed by atoms with van der Waals surface area (Å²) < 4.78 is 20.7. The first kappa shape index (κ1) is 21.8. The summed E-state index contributed by atoms with van der Waals surface area (Å²) in [5, 5.41) is 10.8. The maximum Gasteiger partial charge on any atom is 0.272 e. The third kappa shape index (κ3) is 5.17. The van der Waals surface area contributed by atoms with Crippen molar-refractivity contribution >= 4 is 18.3 Å². The molecule has 0 radical (unpaired) electrons. The van der Waals surface area contributed by atoms with Gasteiger partial charge < -0.3 is 15.4 Å². The van der Waals surface area contributed by atoms with Crippen LogP contribution in [-0.4, -0.2) is 28.8 Å². The van der Waals surface area contributed by atoms with Crippen LogP contribution in [0.15, 0.2) is 54.6 Å². The van der Waals surface area contributed by atoms with E-state index >= 15 is 0 Å². The van der Waals surface area contributed by atoms with E-state index in [1.807, 2.05) is 35.0 Å². The molecule has 0 atom stereocenters. The van der Waals surface area contributed by atoms with Crippen LogP contribution in [0, 0.1) is 5.82 Å². The molecule has 0 bridgehead atoms. The molecule has 158 valence electrons. The minimum absolute atomic E-state index is 0. The van der Waals surface area contributed by atoms with Crippen molar-refractivity contribution in [3.8, 4) is 5.75 Å². The van der Waals surface area contributed by atoms with Gasteiger partial charge in [-0.25, -0.2) is 4.39 Å². The molecule has 0 fully saturated rings. The van der Waals surface area contributed by atoms with E-state index in [1.54, 1.807) is 12.1 Å². The van der Waals surface area contributed by atoms with Gasteiger partial charge in [0.05, 0.1) is 6.54 Å². The molecule has 1 aliphatic rings. The van der Waals surface area contributed by atoms with Crippen LogP contribution in [0.25, 0.3) is 0 Å². The Hall–Kier alpha value is -2.90. The largest absolute Gasteiger partial charge is 0.492 e. The van der Waals surface area contributed by atoms with Crippen molar-refractivity contribution in [2.75, 3.05) is 13.2 Å². The van der Waals surface area contributed by atoms with E-state index < -0.39 is 0 Å². The molecule has 0 unspecified atom stereocenters. The first-order valence-electron chi connectivity index (χ1n) is 9.70. The molecule has 2 heterocycles. The molecule has 8 heteroatoms. The van der Waals surface area contributed by atoms with Crippen molar-refractivity contribution < 1.29 is 13.9 Å². The topological polar surface area (TPSA) is 68.2 Å². The molecular weight excluding hydrogens is 407 g/mol. The fourth-order valence-electron chi connectivity index (χ4n) is 3.42. The summed E-state index contributed by atoms with van der Waals surface area (Å²) in [5.41, 5.74) is 3.29. The summed E-state index contributed by atoms with van der Waals surface area (Å²) in [6, 6.07) is 15.7. The van der Waals surface area contributed by atoms with Crippen molar-refractivity contribution in [1.29, 1.82) is 0 Å². The molecule has 2 aromatic carbocycles. The number of ether oxygens (including phenoxy) is 1. The summed E-state index contributed by atoms with van der Waals surface area (Å²) in [4.78, 5) is 12.7. The Kier molecular flexibility index (Phi) is 7.43. The second-order valence-electron chi connectivity index (χ2n) is 6.89. The Balaban J connectivity index is 0.00000256. The molecule has 3 aromatic rings. The Labute approximate surface area is 180 Å². The molecule has 6 nitrogen and oxygen atoms in total. The highest BCUT2D eigenvalue weighted by Crippen LogP contribution is 2.19. The van der Waals surface area contributed by atoms with Crippen LogP contribution in [-0.2, 0) is 26.1 Å². The van der Waals surface area contributed by atoms with Gasteiger partial charge in [0.1, 0.15) is 18.2 Å². The average Bonchev–Trinajstić information content (AvgIpc) is 3.13. The minimum atomic E-state index is -0.295. The lowest BCUT2D eigenvalue weighted by atomic mass is 10.1. The lowest BCUT2D eigenvalue weighted by Gasteiger charge is -2.15. The number of benzene rings is 2. The van der Waals surface area contributed by atoms with Crippen molar-refractivity contribution in [3.63, 3.8) is 0 Å². The summed E-state index contributed by atoms with van der Waals surface area (Å²) in [5.74, 6) is 0.293. The molecule has 0 spiro atoms. The van der Waals surface area contributed by atoms with Gasteiger partial charge in [-0.2, -0.15) is 5.10 Å². The van der Waals surface area contributed by atoms with Crippen LogP contribution in [0.1, 0.15) is 27.3 Å². The van der Waals surface area contributed by atoms with Gasteiger partial charge in [-0.1, -0.05) is 30.3 Å². The zero-order valence-corrected chi connectivity index (χ0v) is 17.3. The van der Waals surface area contributed by atoms with E-state index in [4.69, 9.17) is 4.74 Å². The van der Waals surface area contributed by atoms with Gasteiger partial charge in [-0.15, -0.1) is 12.4 Å². The normalized spacial score (nSPS) is 12.6. The number of halogens is 2. The maximum absolute atomic E-state index is 13.0. The number of aromatic nitrogens is 2. The van der Waals surface area contributed by atoms with Gasteiger partial charge in [0.15, 0.2) is 5.69 Å². The van der Waals surface area contributed by atoms with Crippen LogP contribution in [0.3, 0.4) is 0 Å². The van der Waals surface area contributed by atoms with Crippen LogP contribution < -0.4 is 15.4 Å². The summed E-state index contributed by atoms with van der Waals surface area (Å²) >= 11 is 0. The predicted molar refractivity (Wildman–Crippen MR) is 114 cm³/mol. The number of hydrogen-bond donors (Lipinski definition) is 2. The van der Waals surface area contributed by atoms with Gasteiger partial charge >= 0.3 is 0 Å². The third-order valence-electron chi connectivity index (χ3n) is 4.90. The van der Waals surface area contributed by atoms with Gasteiger partial charge in [0.2, 0.25) is 0 Å². The number of nitrogens with one attached hydrogen (secondary N) is 2. The number of carbonyl (C=O) groups excluding carboxylic acids is 1. The van der Waals surface area contributed by atoms with E-state index in [9.17, 15) is 9.18 Å². The van der Waals surface area contributed by atoms with Crippen molar-refractivity contribution in [1.82, 2.24) is 20.4 Å². The molecule has 2 N–H and O–H groups in total. The number of para-hydroxylation sites is 1. The third-order valence-corrected chi connectivity index (χ3v) is 4.90. The number of hydrogen-bond acceptors (Lipinski definition) is 4. The zero-order valence-electron chi connectivity index (χ0n) is 16.4. The van der Waals surface area contributed by atoms with Crippen LogP contribution >= 0.6 is 12.4 Å². The van der Waals surface area contributed by atoms with E-state index in [2.05, 4.69) is 15.7 Å². The molecule has 1 aromatic heterocycles. The summed E-state index contributed by atoms with van der Waals surface area (Å²) in [7, 11) is 0. The minimum Gasteiger partial charge on any atom is -0.492 e. The monoisotopic (exact) mass is 430 g/mol. The highest BCUT2D eigenvalue weighted by molar-refractivity contribution is 5.94. The van der Waals surface area contributed by atoms with E-state index in [1.165, 1.54) is 12.1 Å². The number of fused-ring (bicyclic) bond motifs is 1. The fraction of sp³-hybridized carbons (Fsp3) is 0.273. The van der Waals surface area contributed by atoms with Crippen molar-refractivity contribution in [2.24, 2.45) is 0 Å². The first-order chi connectivity index (χ1) is 14.2. The SMILES string of the molecule is Cl.O=C(NCc1ccc(F)cc1)c1nn(CCOc2ccccc2)c2c1CNCC2. The lowest BCUT2D eigenvalue weighted by Crippen LogP contribution is -2.28. The lowest BCUT2D eigenvalue weighted by molar-refractivity contribution is 0.0943. The van der Waals surface area contributed by atoms with E-state index in [0.29, 0.717) is 31.9 Å². The molecule has 1 amide bonds. The second-order valence-corrected chi connectivity index (χ2v) is 6.89. The number of nitrogens with zero attached hydrogens (tertiary/aromatic N) is 2.